The van der Waals surface area contributed by atoms with Gasteiger partial charge in [0, 0.05) is 5.69 Å². The molecule has 2 heteroatoms. The zero-order valence-electron chi connectivity index (χ0n) is 11.9. The van der Waals surface area contributed by atoms with Crippen molar-refractivity contribution in [2.75, 3.05) is 0 Å². The van der Waals surface area contributed by atoms with Crippen LogP contribution in [-0.2, 0) is 6.42 Å². The maximum atomic E-state index is 10.5. The van der Waals surface area contributed by atoms with E-state index in [9.17, 15) is 5.11 Å². The first-order chi connectivity index (χ1) is 9.74. The molecule has 1 aliphatic carbocycles. The van der Waals surface area contributed by atoms with Crippen LogP contribution in [0.3, 0.4) is 0 Å². The third-order valence-corrected chi connectivity index (χ3v) is 4.25. The van der Waals surface area contributed by atoms with Gasteiger partial charge in [0.15, 0.2) is 0 Å². The topological polar surface area (TPSA) is 33.1 Å². The molecule has 3 rings (SSSR count). The van der Waals surface area contributed by atoms with E-state index in [1.807, 2.05) is 25.1 Å². The van der Waals surface area contributed by atoms with Gasteiger partial charge in [-0.3, -0.25) is 4.98 Å². The van der Waals surface area contributed by atoms with E-state index in [1.54, 1.807) is 0 Å². The van der Waals surface area contributed by atoms with Crippen LogP contribution in [0.25, 0.3) is 0 Å². The Morgan fingerprint density at radius 3 is 2.90 bits per heavy atom. The van der Waals surface area contributed by atoms with Gasteiger partial charge in [0.1, 0.15) is 0 Å². The molecule has 1 aliphatic rings. The Morgan fingerprint density at radius 1 is 1.20 bits per heavy atom. The molecule has 104 valence electrons. The molecule has 1 heterocycles. The fraction of sp³-hybridized carbons (Fsp3) is 0.389. The molecule has 2 nitrogen and oxygen atoms in total. The Kier molecular flexibility index (Phi) is 3.83. The van der Waals surface area contributed by atoms with Crippen LogP contribution in [0.5, 0.6) is 0 Å². The molecule has 0 bridgehead atoms. The van der Waals surface area contributed by atoms with Crippen molar-refractivity contribution in [1.29, 1.82) is 0 Å². The molecule has 1 N–H and O–H groups in total. The lowest BCUT2D eigenvalue weighted by Gasteiger charge is -2.27. The molecule has 0 aliphatic heterocycles. The second-order valence-electron chi connectivity index (χ2n) is 5.74. The Bertz CT molecular complexity index is 593. The van der Waals surface area contributed by atoms with Crippen molar-refractivity contribution in [3.63, 3.8) is 0 Å². The summed E-state index contributed by atoms with van der Waals surface area (Å²) in [6.07, 6.45) is 3.86. The Balaban J connectivity index is 1.79. The summed E-state index contributed by atoms with van der Waals surface area (Å²) < 4.78 is 0. The number of aryl methyl sites for hydroxylation is 2. The van der Waals surface area contributed by atoms with Crippen molar-refractivity contribution < 1.29 is 5.11 Å². The van der Waals surface area contributed by atoms with E-state index in [4.69, 9.17) is 0 Å². The van der Waals surface area contributed by atoms with Crippen LogP contribution in [0.1, 0.15) is 53.8 Å². The predicted molar refractivity (Wildman–Crippen MR) is 80.7 cm³/mol. The molecule has 1 aromatic heterocycles. The SMILES string of the molecule is Cc1cccc(C(O)CC2CCCc3ccccc32)n1. The number of aliphatic hydroxyl groups is 1. The lowest BCUT2D eigenvalue weighted by molar-refractivity contribution is 0.149. The van der Waals surface area contributed by atoms with Gasteiger partial charge in [-0.1, -0.05) is 30.3 Å². The van der Waals surface area contributed by atoms with Crippen LogP contribution < -0.4 is 0 Å². The summed E-state index contributed by atoms with van der Waals surface area (Å²) in [5.74, 6) is 0.456. The second-order valence-corrected chi connectivity index (χ2v) is 5.74. The van der Waals surface area contributed by atoms with E-state index in [2.05, 4.69) is 29.2 Å². The molecule has 0 spiro atoms. The van der Waals surface area contributed by atoms with E-state index < -0.39 is 6.10 Å². The normalized spacial score (nSPS) is 19.4. The quantitative estimate of drug-likeness (QED) is 0.914. The molecular formula is C18H21NO. The van der Waals surface area contributed by atoms with Crippen LogP contribution >= 0.6 is 0 Å². The molecule has 0 amide bonds. The largest absolute Gasteiger partial charge is 0.387 e. The molecule has 0 radical (unpaired) electrons. The van der Waals surface area contributed by atoms with Crippen LogP contribution in [-0.4, -0.2) is 10.1 Å². The van der Waals surface area contributed by atoms with E-state index in [1.165, 1.54) is 30.4 Å². The molecule has 0 saturated heterocycles. The van der Waals surface area contributed by atoms with Gasteiger partial charge in [-0.25, -0.2) is 0 Å². The van der Waals surface area contributed by atoms with Gasteiger partial charge in [-0.05, 0) is 61.8 Å². The number of hydrogen-bond donors (Lipinski definition) is 1. The summed E-state index contributed by atoms with van der Waals surface area (Å²) in [5.41, 5.74) is 4.64. The minimum atomic E-state index is -0.467. The number of aromatic nitrogens is 1. The molecule has 2 aromatic rings. The second kappa shape index (κ2) is 5.76. The number of rotatable bonds is 3. The smallest absolute Gasteiger partial charge is 0.0965 e. The van der Waals surface area contributed by atoms with Crippen molar-refractivity contribution in [3.8, 4) is 0 Å². The number of pyridine rings is 1. The molecule has 0 fully saturated rings. The summed E-state index contributed by atoms with van der Waals surface area (Å²) in [7, 11) is 0. The van der Waals surface area contributed by atoms with E-state index >= 15 is 0 Å². The molecular weight excluding hydrogens is 246 g/mol. The van der Waals surface area contributed by atoms with Gasteiger partial charge in [-0.15, -0.1) is 0 Å². The van der Waals surface area contributed by atoms with Crippen LogP contribution in [0, 0.1) is 6.92 Å². The van der Waals surface area contributed by atoms with Gasteiger partial charge >= 0.3 is 0 Å². The Hall–Kier alpha value is -1.67. The molecule has 20 heavy (non-hydrogen) atoms. The van der Waals surface area contributed by atoms with Crippen molar-refractivity contribution in [1.82, 2.24) is 4.98 Å². The van der Waals surface area contributed by atoms with Gasteiger partial charge in [0.25, 0.3) is 0 Å². The fourth-order valence-electron chi connectivity index (χ4n) is 3.24. The minimum Gasteiger partial charge on any atom is -0.387 e. The lowest BCUT2D eigenvalue weighted by atomic mass is 9.79. The van der Waals surface area contributed by atoms with Crippen molar-refractivity contribution in [3.05, 3.63) is 65.0 Å². The minimum absolute atomic E-state index is 0.456. The van der Waals surface area contributed by atoms with Gasteiger partial charge in [0.2, 0.25) is 0 Å². The van der Waals surface area contributed by atoms with E-state index in [-0.39, 0.29) is 0 Å². The maximum Gasteiger partial charge on any atom is 0.0965 e. The third-order valence-electron chi connectivity index (χ3n) is 4.25. The first kappa shape index (κ1) is 13.3. The monoisotopic (exact) mass is 267 g/mol. The number of fused-ring (bicyclic) bond motifs is 1. The predicted octanol–water partition coefficient (Wildman–Crippen LogP) is 3.93. The summed E-state index contributed by atoms with van der Waals surface area (Å²) in [6, 6.07) is 14.5. The van der Waals surface area contributed by atoms with Gasteiger partial charge in [0.05, 0.1) is 11.8 Å². The summed E-state index contributed by atoms with van der Waals surface area (Å²) in [5, 5.41) is 10.5. The van der Waals surface area contributed by atoms with E-state index in [0.29, 0.717) is 5.92 Å². The first-order valence-electron chi connectivity index (χ1n) is 7.43. The Labute approximate surface area is 120 Å². The van der Waals surface area contributed by atoms with Crippen LogP contribution in [0.15, 0.2) is 42.5 Å². The summed E-state index contributed by atoms with van der Waals surface area (Å²) >= 11 is 0. The highest BCUT2D eigenvalue weighted by atomic mass is 16.3. The maximum absolute atomic E-state index is 10.5. The van der Waals surface area contributed by atoms with Crippen molar-refractivity contribution >= 4 is 0 Å². The molecule has 0 saturated carbocycles. The van der Waals surface area contributed by atoms with Gasteiger partial charge in [-0.2, -0.15) is 0 Å². The van der Waals surface area contributed by atoms with Crippen molar-refractivity contribution in [2.45, 2.75) is 44.6 Å². The summed E-state index contributed by atoms with van der Waals surface area (Å²) in [4.78, 5) is 4.44. The first-order valence-corrected chi connectivity index (χ1v) is 7.43. The fourth-order valence-corrected chi connectivity index (χ4v) is 3.24. The number of nitrogens with zero attached hydrogens (tertiary/aromatic N) is 1. The zero-order valence-corrected chi connectivity index (χ0v) is 11.9. The van der Waals surface area contributed by atoms with Gasteiger partial charge < -0.3 is 5.11 Å². The molecule has 2 atom stereocenters. The average molecular weight is 267 g/mol. The molecule has 2 unspecified atom stereocenters. The average Bonchev–Trinajstić information content (AvgIpc) is 2.47. The highest BCUT2D eigenvalue weighted by molar-refractivity contribution is 5.32. The van der Waals surface area contributed by atoms with Crippen LogP contribution in [0.4, 0.5) is 0 Å². The number of hydrogen-bond acceptors (Lipinski definition) is 2. The highest BCUT2D eigenvalue weighted by Gasteiger charge is 2.23. The van der Waals surface area contributed by atoms with E-state index in [0.717, 1.165) is 17.8 Å². The standard InChI is InChI=1S/C18H21NO/c1-13-6-4-11-17(19-13)18(20)12-15-9-5-8-14-7-2-3-10-16(14)15/h2-4,6-7,10-11,15,18,20H,5,8-9,12H2,1H3. The number of aliphatic hydroxyl groups excluding tert-OH is 1. The van der Waals surface area contributed by atoms with Crippen LogP contribution in [0.2, 0.25) is 0 Å². The third kappa shape index (κ3) is 2.75. The molecule has 1 aromatic carbocycles. The highest BCUT2D eigenvalue weighted by Crippen LogP contribution is 2.37. The summed E-state index contributed by atoms with van der Waals surface area (Å²) in [6.45, 7) is 1.96. The van der Waals surface area contributed by atoms with Crippen molar-refractivity contribution in [2.24, 2.45) is 0 Å². The lowest BCUT2D eigenvalue weighted by Crippen LogP contribution is -2.13. The number of benzene rings is 1. The Morgan fingerprint density at radius 2 is 2.05 bits per heavy atom. The zero-order chi connectivity index (χ0) is 13.9.